The Hall–Kier alpha value is -0.780. The van der Waals surface area contributed by atoms with Crippen LogP contribution in [0.2, 0.25) is 0 Å². The molecule has 4 aliphatic carbocycles. The van der Waals surface area contributed by atoms with Crippen molar-refractivity contribution in [1.29, 1.82) is 0 Å². The SMILES string of the molecule is CC(=O)[C@@]1(O)CC[C@H]2[C@@H]3C(=O)C(O)C4CC(O)CC[C@]4(C)[C@H]3CC[C@@]21C. The molecule has 0 aliphatic heterocycles. The van der Waals surface area contributed by atoms with Crippen LogP contribution in [0.1, 0.15) is 65.7 Å². The van der Waals surface area contributed by atoms with Crippen LogP contribution in [0.25, 0.3) is 0 Å². The fraction of sp³-hybridized carbons (Fsp3) is 0.905. The monoisotopic (exact) mass is 364 g/mol. The summed E-state index contributed by atoms with van der Waals surface area (Å²) in [6.07, 6.45) is 3.18. The summed E-state index contributed by atoms with van der Waals surface area (Å²) in [4.78, 5) is 25.5. The van der Waals surface area contributed by atoms with Crippen LogP contribution in [0.4, 0.5) is 0 Å². The van der Waals surface area contributed by atoms with E-state index >= 15 is 0 Å². The van der Waals surface area contributed by atoms with Crippen molar-refractivity contribution >= 4 is 11.6 Å². The fourth-order valence-electron chi connectivity index (χ4n) is 7.56. The molecule has 5 nitrogen and oxygen atoms in total. The Morgan fingerprint density at radius 2 is 1.65 bits per heavy atom. The van der Waals surface area contributed by atoms with Crippen LogP contribution in [0.15, 0.2) is 0 Å². The molecule has 0 aromatic rings. The van der Waals surface area contributed by atoms with Gasteiger partial charge < -0.3 is 15.3 Å². The van der Waals surface area contributed by atoms with E-state index in [1.54, 1.807) is 0 Å². The maximum atomic E-state index is 13.2. The molecule has 0 bridgehead atoms. The second kappa shape index (κ2) is 5.62. The molecule has 0 amide bonds. The lowest BCUT2D eigenvalue weighted by molar-refractivity contribution is -0.193. The van der Waals surface area contributed by atoms with Crippen LogP contribution >= 0.6 is 0 Å². The summed E-state index contributed by atoms with van der Waals surface area (Å²) in [5.41, 5.74) is -2.10. The van der Waals surface area contributed by atoms with Crippen LogP contribution in [0.3, 0.4) is 0 Å². The van der Waals surface area contributed by atoms with Crippen molar-refractivity contribution in [2.75, 3.05) is 0 Å². The van der Waals surface area contributed by atoms with Gasteiger partial charge in [-0.1, -0.05) is 13.8 Å². The molecule has 0 saturated heterocycles. The second-order valence-electron chi connectivity index (χ2n) is 10.0. The summed E-state index contributed by atoms with van der Waals surface area (Å²) >= 11 is 0. The minimum atomic E-state index is -1.35. The van der Waals surface area contributed by atoms with E-state index in [-0.39, 0.29) is 40.7 Å². The van der Waals surface area contributed by atoms with E-state index in [0.29, 0.717) is 19.3 Å². The van der Waals surface area contributed by atoms with Crippen molar-refractivity contribution in [3.05, 3.63) is 0 Å². The Balaban J connectivity index is 1.74. The highest BCUT2D eigenvalue weighted by Crippen LogP contribution is 2.67. The number of Topliss-reactive ketones (excluding diaryl/α,β-unsaturated/α-hetero) is 2. The molecular formula is C21H32O5. The van der Waals surface area contributed by atoms with Gasteiger partial charge in [0.2, 0.25) is 0 Å². The highest BCUT2D eigenvalue weighted by Gasteiger charge is 2.69. The van der Waals surface area contributed by atoms with Crippen molar-refractivity contribution < 1.29 is 24.9 Å². The molecule has 0 spiro atoms. The van der Waals surface area contributed by atoms with Crippen molar-refractivity contribution in [1.82, 2.24) is 0 Å². The minimum Gasteiger partial charge on any atom is -0.393 e. The average Bonchev–Trinajstić information content (AvgIpc) is 2.87. The summed E-state index contributed by atoms with van der Waals surface area (Å²) in [7, 11) is 0. The van der Waals surface area contributed by atoms with E-state index in [4.69, 9.17) is 0 Å². The molecule has 4 aliphatic rings. The Kier molecular flexibility index (Phi) is 4.01. The van der Waals surface area contributed by atoms with E-state index in [1.165, 1.54) is 6.92 Å². The molecule has 3 N–H and O–H groups in total. The lowest BCUT2D eigenvalue weighted by Crippen LogP contribution is -2.64. The van der Waals surface area contributed by atoms with Gasteiger partial charge in [0.15, 0.2) is 11.6 Å². The van der Waals surface area contributed by atoms with Gasteiger partial charge in [0.1, 0.15) is 11.7 Å². The molecule has 5 heteroatoms. The quantitative estimate of drug-likeness (QED) is 0.660. The van der Waals surface area contributed by atoms with Gasteiger partial charge in [-0.05, 0) is 69.1 Å². The number of aliphatic hydroxyl groups is 3. The van der Waals surface area contributed by atoms with E-state index in [0.717, 1.165) is 25.7 Å². The highest BCUT2D eigenvalue weighted by molar-refractivity contribution is 5.89. The Bertz CT molecular complexity index is 646. The first-order valence-electron chi connectivity index (χ1n) is 10.2. The third-order valence-corrected chi connectivity index (χ3v) is 9.24. The first-order chi connectivity index (χ1) is 12.1. The summed E-state index contributed by atoms with van der Waals surface area (Å²) in [6, 6.07) is 0. The molecule has 0 aromatic heterocycles. The number of carbonyl (C=O) groups excluding carboxylic acids is 2. The molecule has 0 aromatic carbocycles. The van der Waals surface area contributed by atoms with Gasteiger partial charge in [-0.2, -0.15) is 0 Å². The van der Waals surface area contributed by atoms with Crippen molar-refractivity contribution in [3.63, 3.8) is 0 Å². The first kappa shape index (κ1) is 18.6. The lowest BCUT2D eigenvalue weighted by atomic mass is 9.43. The van der Waals surface area contributed by atoms with Crippen molar-refractivity contribution in [2.45, 2.75) is 83.5 Å². The summed E-state index contributed by atoms with van der Waals surface area (Å²) in [6.45, 7) is 5.61. The summed E-state index contributed by atoms with van der Waals surface area (Å²) < 4.78 is 0. The molecular weight excluding hydrogens is 332 g/mol. The van der Waals surface area contributed by atoms with Gasteiger partial charge in [-0.3, -0.25) is 9.59 Å². The number of carbonyl (C=O) groups is 2. The van der Waals surface area contributed by atoms with Gasteiger partial charge in [0.25, 0.3) is 0 Å². The number of rotatable bonds is 1. The van der Waals surface area contributed by atoms with Gasteiger partial charge in [0.05, 0.1) is 6.10 Å². The zero-order valence-electron chi connectivity index (χ0n) is 16.1. The highest BCUT2D eigenvalue weighted by atomic mass is 16.3. The molecule has 9 atom stereocenters. The molecule has 0 heterocycles. The predicted octanol–water partition coefficient (Wildman–Crippen LogP) is 1.86. The van der Waals surface area contributed by atoms with E-state index < -0.39 is 23.2 Å². The topological polar surface area (TPSA) is 94.8 Å². The van der Waals surface area contributed by atoms with Gasteiger partial charge >= 0.3 is 0 Å². The van der Waals surface area contributed by atoms with Gasteiger partial charge in [-0.25, -0.2) is 0 Å². The van der Waals surface area contributed by atoms with E-state index in [9.17, 15) is 24.9 Å². The van der Waals surface area contributed by atoms with Crippen LogP contribution in [-0.4, -0.2) is 44.7 Å². The van der Waals surface area contributed by atoms with Crippen LogP contribution in [-0.2, 0) is 9.59 Å². The zero-order valence-corrected chi connectivity index (χ0v) is 16.1. The Labute approximate surface area is 155 Å². The molecule has 4 saturated carbocycles. The zero-order chi connectivity index (χ0) is 19.1. The molecule has 4 fully saturated rings. The number of fused-ring (bicyclic) bond motifs is 5. The molecule has 3 unspecified atom stereocenters. The van der Waals surface area contributed by atoms with Crippen LogP contribution < -0.4 is 0 Å². The third kappa shape index (κ3) is 2.08. The van der Waals surface area contributed by atoms with Crippen LogP contribution in [0.5, 0.6) is 0 Å². The first-order valence-corrected chi connectivity index (χ1v) is 10.2. The Morgan fingerprint density at radius 1 is 1.00 bits per heavy atom. The standard InChI is InChI=1S/C21H32O5/c1-11(22)21(26)9-6-14-16-13(5-8-20(14,21)3)19(2)7-4-12(23)10-15(19)17(24)18(16)25/h12-17,23-24,26H,4-10H2,1-3H3/t12?,13-,14-,15?,16+,17?,19+,20-,21-/m0/s1. The fourth-order valence-corrected chi connectivity index (χ4v) is 7.56. The number of hydrogen-bond acceptors (Lipinski definition) is 5. The molecule has 0 radical (unpaired) electrons. The lowest BCUT2D eigenvalue weighted by Gasteiger charge is -2.61. The molecule has 4 rings (SSSR count). The molecule has 26 heavy (non-hydrogen) atoms. The third-order valence-electron chi connectivity index (χ3n) is 9.24. The number of hydrogen-bond donors (Lipinski definition) is 3. The van der Waals surface area contributed by atoms with Crippen molar-refractivity contribution in [2.24, 2.45) is 34.5 Å². The smallest absolute Gasteiger partial charge is 0.165 e. The van der Waals surface area contributed by atoms with Gasteiger partial charge in [-0.15, -0.1) is 0 Å². The Morgan fingerprint density at radius 3 is 2.31 bits per heavy atom. The second-order valence-corrected chi connectivity index (χ2v) is 10.0. The summed E-state index contributed by atoms with van der Waals surface area (Å²) in [5, 5.41) is 32.1. The normalized spacial score (nSPS) is 56.5. The molecule has 146 valence electrons. The summed E-state index contributed by atoms with van der Waals surface area (Å²) in [5.74, 6) is -0.666. The minimum absolute atomic E-state index is 0.0538. The van der Waals surface area contributed by atoms with Crippen LogP contribution in [0, 0.1) is 34.5 Å². The largest absolute Gasteiger partial charge is 0.393 e. The maximum Gasteiger partial charge on any atom is 0.165 e. The van der Waals surface area contributed by atoms with Gasteiger partial charge in [0, 0.05) is 17.3 Å². The number of ketones is 2. The average molecular weight is 364 g/mol. The van der Waals surface area contributed by atoms with Crippen molar-refractivity contribution in [3.8, 4) is 0 Å². The maximum absolute atomic E-state index is 13.2. The van der Waals surface area contributed by atoms with E-state index in [1.807, 2.05) is 6.92 Å². The van der Waals surface area contributed by atoms with E-state index in [2.05, 4.69) is 6.92 Å². The predicted molar refractivity (Wildman–Crippen MR) is 95.1 cm³/mol. The number of aliphatic hydroxyl groups excluding tert-OH is 2.